The van der Waals surface area contributed by atoms with Crippen molar-refractivity contribution in [3.05, 3.63) is 23.8 Å². The number of carbonyl (C=O) groups excluding carboxylic acids is 1. The molecule has 6 nitrogen and oxygen atoms in total. The zero-order valence-corrected chi connectivity index (χ0v) is 8.93. The third-order valence-corrected chi connectivity index (χ3v) is 2.69. The number of nitrogens with zero attached hydrogens (tertiary/aromatic N) is 2. The van der Waals surface area contributed by atoms with Crippen LogP contribution in [0.5, 0.6) is 0 Å². The van der Waals surface area contributed by atoms with Crippen molar-refractivity contribution in [3.63, 3.8) is 0 Å². The first-order valence-electron chi connectivity index (χ1n) is 5.24. The quantitative estimate of drug-likeness (QED) is 0.767. The molecule has 0 atom stereocenters. The average Bonchev–Trinajstić information content (AvgIpc) is 2.75. The number of anilines is 2. The van der Waals surface area contributed by atoms with Gasteiger partial charge in [-0.1, -0.05) is 5.10 Å². The molecule has 3 rings (SSSR count). The smallest absolute Gasteiger partial charge is 0.313 e. The van der Waals surface area contributed by atoms with Gasteiger partial charge in [0, 0.05) is 17.7 Å². The van der Waals surface area contributed by atoms with Crippen molar-refractivity contribution in [2.75, 3.05) is 11.1 Å². The van der Waals surface area contributed by atoms with Crippen LogP contribution in [0.1, 0.15) is 12.0 Å². The van der Waals surface area contributed by atoms with E-state index in [4.69, 9.17) is 10.2 Å². The Morgan fingerprint density at radius 1 is 1.29 bits per heavy atom. The largest absolute Gasteiger partial charge is 0.404 e. The topological polar surface area (TPSA) is 94.0 Å². The zero-order chi connectivity index (χ0) is 11.8. The van der Waals surface area contributed by atoms with E-state index in [2.05, 4.69) is 15.5 Å². The lowest BCUT2D eigenvalue weighted by Gasteiger charge is -2.16. The number of nitrogen functional groups attached to an aromatic ring is 1. The predicted molar refractivity (Wildman–Crippen MR) is 61.1 cm³/mol. The molecule has 0 spiro atoms. The summed E-state index contributed by atoms with van der Waals surface area (Å²) in [5, 5.41) is 10.2. The minimum atomic E-state index is 0.0472. The highest BCUT2D eigenvalue weighted by molar-refractivity contribution is 5.94. The van der Waals surface area contributed by atoms with E-state index in [-0.39, 0.29) is 11.9 Å². The molecular formula is C11H10N4O2. The van der Waals surface area contributed by atoms with Gasteiger partial charge in [0.1, 0.15) is 0 Å². The highest BCUT2D eigenvalue weighted by Gasteiger charge is 2.16. The molecule has 0 fully saturated rings. The molecule has 0 radical (unpaired) electrons. The minimum Gasteiger partial charge on any atom is -0.404 e. The van der Waals surface area contributed by atoms with Gasteiger partial charge in [-0.25, -0.2) is 0 Å². The standard InChI is InChI=1S/C11H10N4O2/c12-11-15-14-10(17-11)7-1-3-8-6(5-7)2-4-9(16)13-8/h1,3,5H,2,4H2,(H2,12,15)(H,13,16). The number of hydrogen-bond donors (Lipinski definition) is 2. The van der Waals surface area contributed by atoms with Crippen LogP contribution < -0.4 is 11.1 Å². The zero-order valence-electron chi connectivity index (χ0n) is 8.93. The number of carbonyl (C=O) groups is 1. The number of nitrogens with one attached hydrogen (secondary N) is 1. The SMILES string of the molecule is Nc1nnc(-c2ccc3c(c2)CCC(=O)N3)o1. The molecule has 1 aliphatic heterocycles. The van der Waals surface area contributed by atoms with E-state index >= 15 is 0 Å². The fourth-order valence-corrected chi connectivity index (χ4v) is 1.87. The van der Waals surface area contributed by atoms with E-state index in [9.17, 15) is 4.79 Å². The van der Waals surface area contributed by atoms with Gasteiger partial charge in [-0.2, -0.15) is 0 Å². The fourth-order valence-electron chi connectivity index (χ4n) is 1.87. The van der Waals surface area contributed by atoms with Crippen molar-refractivity contribution in [3.8, 4) is 11.5 Å². The van der Waals surface area contributed by atoms with E-state index in [1.165, 1.54) is 0 Å². The number of hydrogen-bond acceptors (Lipinski definition) is 5. The van der Waals surface area contributed by atoms with Gasteiger partial charge >= 0.3 is 6.01 Å². The molecule has 2 heterocycles. The molecule has 0 saturated carbocycles. The first-order valence-corrected chi connectivity index (χ1v) is 5.24. The van der Waals surface area contributed by atoms with Gasteiger partial charge in [0.2, 0.25) is 11.8 Å². The summed E-state index contributed by atoms with van der Waals surface area (Å²) < 4.78 is 5.15. The number of aromatic nitrogens is 2. The Morgan fingerprint density at radius 2 is 2.18 bits per heavy atom. The Bertz CT molecular complexity index is 591. The molecule has 17 heavy (non-hydrogen) atoms. The van der Waals surface area contributed by atoms with Gasteiger partial charge < -0.3 is 15.5 Å². The fraction of sp³-hybridized carbons (Fsp3) is 0.182. The van der Waals surface area contributed by atoms with Crippen molar-refractivity contribution >= 4 is 17.6 Å². The highest BCUT2D eigenvalue weighted by Crippen LogP contribution is 2.28. The van der Waals surface area contributed by atoms with Crippen molar-refractivity contribution in [2.45, 2.75) is 12.8 Å². The number of rotatable bonds is 1. The van der Waals surface area contributed by atoms with Crippen LogP contribution in [0.15, 0.2) is 22.6 Å². The first kappa shape index (κ1) is 9.83. The molecule has 2 aromatic rings. The van der Waals surface area contributed by atoms with Crippen LogP contribution in [-0.2, 0) is 11.2 Å². The van der Waals surface area contributed by atoms with Crippen molar-refractivity contribution in [2.24, 2.45) is 0 Å². The maximum Gasteiger partial charge on any atom is 0.313 e. The third-order valence-electron chi connectivity index (χ3n) is 2.69. The predicted octanol–water partition coefficient (Wildman–Crippen LogP) is 1.20. The molecule has 0 saturated heterocycles. The Morgan fingerprint density at radius 3 is 2.94 bits per heavy atom. The van der Waals surface area contributed by atoms with Gasteiger partial charge in [0.15, 0.2) is 0 Å². The molecule has 1 aliphatic rings. The van der Waals surface area contributed by atoms with Crippen LogP contribution in [-0.4, -0.2) is 16.1 Å². The molecule has 1 aromatic carbocycles. The van der Waals surface area contributed by atoms with E-state index in [0.29, 0.717) is 12.3 Å². The van der Waals surface area contributed by atoms with Crippen LogP contribution in [0.25, 0.3) is 11.5 Å². The van der Waals surface area contributed by atoms with Crippen molar-refractivity contribution < 1.29 is 9.21 Å². The minimum absolute atomic E-state index is 0.0472. The summed E-state index contributed by atoms with van der Waals surface area (Å²) >= 11 is 0. The maximum atomic E-state index is 11.2. The van der Waals surface area contributed by atoms with Gasteiger partial charge in [0.05, 0.1) is 0 Å². The molecular weight excluding hydrogens is 220 g/mol. The first-order chi connectivity index (χ1) is 8.22. The number of fused-ring (bicyclic) bond motifs is 1. The molecule has 6 heteroatoms. The summed E-state index contributed by atoms with van der Waals surface area (Å²) in [6.07, 6.45) is 1.22. The number of amides is 1. The lowest BCUT2D eigenvalue weighted by atomic mass is 10.0. The van der Waals surface area contributed by atoms with Crippen molar-refractivity contribution in [1.29, 1.82) is 0 Å². The van der Waals surface area contributed by atoms with Crippen LogP contribution in [0.3, 0.4) is 0 Å². The summed E-state index contributed by atoms with van der Waals surface area (Å²) in [5.74, 6) is 0.439. The Kier molecular flexibility index (Phi) is 2.07. The summed E-state index contributed by atoms with van der Waals surface area (Å²) in [6.45, 7) is 0. The molecule has 86 valence electrons. The van der Waals surface area contributed by atoms with Gasteiger partial charge in [0.25, 0.3) is 0 Å². The second kappa shape index (κ2) is 3.58. The maximum absolute atomic E-state index is 11.2. The van der Waals surface area contributed by atoms with E-state index in [1.54, 1.807) is 0 Å². The average molecular weight is 230 g/mol. The molecule has 0 aliphatic carbocycles. The number of nitrogens with two attached hydrogens (primary N) is 1. The van der Waals surface area contributed by atoms with Crippen LogP contribution in [0.2, 0.25) is 0 Å². The van der Waals surface area contributed by atoms with E-state index < -0.39 is 0 Å². The molecule has 0 unspecified atom stereocenters. The number of aryl methyl sites for hydroxylation is 1. The third kappa shape index (κ3) is 1.73. The lowest BCUT2D eigenvalue weighted by Crippen LogP contribution is -2.18. The highest BCUT2D eigenvalue weighted by atomic mass is 16.4. The van der Waals surface area contributed by atoms with Gasteiger partial charge in [-0.05, 0) is 30.2 Å². The monoisotopic (exact) mass is 230 g/mol. The van der Waals surface area contributed by atoms with Crippen LogP contribution in [0, 0.1) is 0 Å². The van der Waals surface area contributed by atoms with E-state index in [0.717, 1.165) is 23.2 Å². The molecule has 1 aromatic heterocycles. The van der Waals surface area contributed by atoms with Crippen LogP contribution >= 0.6 is 0 Å². The van der Waals surface area contributed by atoms with Gasteiger partial charge in [-0.3, -0.25) is 4.79 Å². The second-order valence-corrected chi connectivity index (χ2v) is 3.87. The summed E-state index contributed by atoms with van der Waals surface area (Å²) in [6, 6.07) is 5.63. The normalized spacial score (nSPS) is 14.2. The van der Waals surface area contributed by atoms with Gasteiger partial charge in [-0.15, -0.1) is 5.10 Å². The Balaban J connectivity index is 2.01. The Labute approximate surface area is 96.8 Å². The molecule has 1 amide bonds. The van der Waals surface area contributed by atoms with E-state index in [1.807, 2.05) is 18.2 Å². The lowest BCUT2D eigenvalue weighted by molar-refractivity contribution is -0.116. The molecule has 0 bridgehead atoms. The summed E-state index contributed by atoms with van der Waals surface area (Å²) in [4.78, 5) is 11.2. The summed E-state index contributed by atoms with van der Waals surface area (Å²) in [7, 11) is 0. The second-order valence-electron chi connectivity index (χ2n) is 3.87. The van der Waals surface area contributed by atoms with Crippen LogP contribution in [0.4, 0.5) is 11.7 Å². The summed E-state index contributed by atoms with van der Waals surface area (Å²) in [5.41, 5.74) is 8.10. The number of benzene rings is 1. The van der Waals surface area contributed by atoms with Crippen molar-refractivity contribution in [1.82, 2.24) is 10.2 Å². The molecule has 3 N–H and O–H groups in total. The Hall–Kier alpha value is -2.37.